The van der Waals surface area contributed by atoms with Gasteiger partial charge in [0.25, 0.3) is 0 Å². The molecule has 33 heavy (non-hydrogen) atoms. The zero-order chi connectivity index (χ0) is 22.9. The Balaban J connectivity index is 1.24. The van der Waals surface area contributed by atoms with Crippen molar-refractivity contribution in [3.05, 3.63) is 53.4 Å². The van der Waals surface area contributed by atoms with Gasteiger partial charge in [-0.1, -0.05) is 0 Å². The largest absolute Gasteiger partial charge is 0.339 e. The summed E-state index contributed by atoms with van der Waals surface area (Å²) >= 11 is 0. The molecule has 11 nitrogen and oxygen atoms in total. The Kier molecular flexibility index (Phi) is 5.45. The molecule has 0 bridgehead atoms. The molecule has 0 aliphatic carbocycles. The van der Waals surface area contributed by atoms with E-state index in [-0.39, 0.29) is 5.91 Å². The summed E-state index contributed by atoms with van der Waals surface area (Å²) in [6, 6.07) is 5.57. The second kappa shape index (κ2) is 8.57. The lowest BCUT2D eigenvalue weighted by atomic mass is 10.1. The highest BCUT2D eigenvalue weighted by Gasteiger charge is 2.23. The molecule has 0 aromatic carbocycles. The highest BCUT2D eigenvalue weighted by molar-refractivity contribution is 5.76. The first-order valence-corrected chi connectivity index (χ1v) is 11.1. The van der Waals surface area contributed by atoms with Crippen molar-refractivity contribution >= 4 is 17.5 Å². The molecule has 0 saturated carbocycles. The van der Waals surface area contributed by atoms with Gasteiger partial charge in [0.05, 0.1) is 5.69 Å². The lowest BCUT2D eigenvalue weighted by Gasteiger charge is -2.34. The van der Waals surface area contributed by atoms with Gasteiger partial charge >= 0.3 is 0 Å². The molecule has 5 heterocycles. The van der Waals surface area contributed by atoms with Gasteiger partial charge in [-0.25, -0.2) is 14.6 Å². The van der Waals surface area contributed by atoms with Crippen LogP contribution in [-0.4, -0.2) is 76.5 Å². The van der Waals surface area contributed by atoms with Gasteiger partial charge in [0.2, 0.25) is 11.9 Å². The number of hydrogen-bond donors (Lipinski definition) is 0. The molecule has 170 valence electrons. The van der Waals surface area contributed by atoms with E-state index in [4.69, 9.17) is 0 Å². The third-order valence-corrected chi connectivity index (χ3v) is 6.12. The number of rotatable bonds is 5. The van der Waals surface area contributed by atoms with Crippen LogP contribution >= 0.6 is 0 Å². The first-order valence-electron chi connectivity index (χ1n) is 11.1. The summed E-state index contributed by atoms with van der Waals surface area (Å²) in [4.78, 5) is 25.5. The Bertz CT molecular complexity index is 1290. The fourth-order valence-electron chi connectivity index (χ4n) is 4.26. The third kappa shape index (κ3) is 4.01. The van der Waals surface area contributed by atoms with Crippen molar-refractivity contribution in [3.8, 4) is 5.82 Å². The maximum Gasteiger partial charge on any atom is 0.225 e. The van der Waals surface area contributed by atoms with Crippen molar-refractivity contribution in [1.82, 2.24) is 44.5 Å². The van der Waals surface area contributed by atoms with Crippen LogP contribution < -0.4 is 4.90 Å². The molecule has 0 N–H and O–H groups in total. The monoisotopic (exact) mass is 446 g/mol. The number of aromatic nitrogens is 8. The Morgan fingerprint density at radius 3 is 2.48 bits per heavy atom. The number of fused-ring (bicyclic) bond motifs is 1. The number of piperazine rings is 1. The normalized spacial score (nSPS) is 14.3. The van der Waals surface area contributed by atoms with Crippen LogP contribution in [0.1, 0.15) is 29.2 Å². The number of amides is 1. The fourth-order valence-corrected chi connectivity index (χ4v) is 4.26. The van der Waals surface area contributed by atoms with Gasteiger partial charge in [0.15, 0.2) is 17.3 Å². The van der Waals surface area contributed by atoms with Gasteiger partial charge in [-0.15, -0.1) is 15.3 Å². The average molecular weight is 447 g/mol. The smallest absolute Gasteiger partial charge is 0.225 e. The number of hydrogen-bond acceptors (Lipinski definition) is 8. The Morgan fingerprint density at radius 1 is 0.970 bits per heavy atom. The van der Waals surface area contributed by atoms with Crippen molar-refractivity contribution < 1.29 is 4.79 Å². The molecule has 11 heteroatoms. The second-order valence-corrected chi connectivity index (χ2v) is 8.19. The van der Waals surface area contributed by atoms with E-state index < -0.39 is 0 Å². The Morgan fingerprint density at radius 2 is 1.73 bits per heavy atom. The number of carbonyl (C=O) groups is 1. The molecule has 1 saturated heterocycles. The number of aryl methyl sites for hydroxylation is 2. The first kappa shape index (κ1) is 21.0. The molecule has 0 radical (unpaired) electrons. The summed E-state index contributed by atoms with van der Waals surface area (Å²) in [6.07, 6.45) is 4.58. The Hall–Kier alpha value is -3.89. The second-order valence-electron chi connectivity index (χ2n) is 8.19. The molecule has 1 amide bonds. The van der Waals surface area contributed by atoms with E-state index >= 15 is 0 Å². The SMILES string of the molecule is Cc1nn(-c2ccc3nnc(C)n3n2)c(C)c1CCC(=O)N1CCN(c2ncccn2)CC1. The van der Waals surface area contributed by atoms with Crippen molar-refractivity contribution in [2.75, 3.05) is 31.1 Å². The van der Waals surface area contributed by atoms with E-state index in [2.05, 4.69) is 35.3 Å². The van der Waals surface area contributed by atoms with Gasteiger partial charge in [-0.05, 0) is 51.0 Å². The highest BCUT2D eigenvalue weighted by Crippen LogP contribution is 2.20. The molecular formula is C22H26N10O. The van der Waals surface area contributed by atoms with Gasteiger partial charge in [-0.3, -0.25) is 4.79 Å². The van der Waals surface area contributed by atoms with E-state index in [1.807, 2.05) is 42.5 Å². The van der Waals surface area contributed by atoms with E-state index in [1.54, 1.807) is 23.0 Å². The zero-order valence-corrected chi connectivity index (χ0v) is 19.0. The third-order valence-electron chi connectivity index (χ3n) is 6.12. The van der Waals surface area contributed by atoms with Crippen molar-refractivity contribution in [2.45, 2.75) is 33.6 Å². The number of carbonyl (C=O) groups excluding carboxylic acids is 1. The fraction of sp³-hybridized carbons (Fsp3) is 0.409. The van der Waals surface area contributed by atoms with E-state index in [0.717, 1.165) is 41.8 Å². The van der Waals surface area contributed by atoms with E-state index in [9.17, 15) is 4.79 Å². The molecular weight excluding hydrogens is 420 g/mol. The van der Waals surface area contributed by atoms with Crippen LogP contribution in [0.2, 0.25) is 0 Å². The van der Waals surface area contributed by atoms with Crippen molar-refractivity contribution in [3.63, 3.8) is 0 Å². The predicted octanol–water partition coefficient (Wildman–Crippen LogP) is 1.31. The van der Waals surface area contributed by atoms with E-state index in [1.165, 1.54) is 0 Å². The summed E-state index contributed by atoms with van der Waals surface area (Å²) in [6.45, 7) is 8.69. The molecule has 4 aromatic heterocycles. The predicted molar refractivity (Wildman–Crippen MR) is 121 cm³/mol. The summed E-state index contributed by atoms with van der Waals surface area (Å²) < 4.78 is 3.53. The van der Waals surface area contributed by atoms with Crippen molar-refractivity contribution in [2.24, 2.45) is 0 Å². The highest BCUT2D eigenvalue weighted by atomic mass is 16.2. The van der Waals surface area contributed by atoms with Crippen LogP contribution in [0.5, 0.6) is 0 Å². The first-order chi connectivity index (χ1) is 16.0. The molecule has 1 fully saturated rings. The summed E-state index contributed by atoms with van der Waals surface area (Å²) in [7, 11) is 0. The molecule has 0 unspecified atom stereocenters. The van der Waals surface area contributed by atoms with Gasteiger partial charge < -0.3 is 9.80 Å². The summed E-state index contributed by atoms with van der Waals surface area (Å²) in [5, 5.41) is 17.5. The maximum atomic E-state index is 12.9. The minimum absolute atomic E-state index is 0.162. The van der Waals surface area contributed by atoms with Crippen LogP contribution in [0.3, 0.4) is 0 Å². The summed E-state index contributed by atoms with van der Waals surface area (Å²) in [5.41, 5.74) is 3.68. The molecule has 0 spiro atoms. The van der Waals surface area contributed by atoms with Crippen molar-refractivity contribution in [1.29, 1.82) is 0 Å². The Labute approximate surface area is 191 Å². The van der Waals surface area contributed by atoms with Crippen LogP contribution in [0.4, 0.5) is 5.95 Å². The minimum Gasteiger partial charge on any atom is -0.339 e. The molecule has 0 atom stereocenters. The maximum absolute atomic E-state index is 12.9. The minimum atomic E-state index is 0.162. The summed E-state index contributed by atoms with van der Waals surface area (Å²) in [5.74, 6) is 2.30. The molecule has 1 aliphatic rings. The van der Waals surface area contributed by atoms with Gasteiger partial charge in [0, 0.05) is 50.7 Å². The zero-order valence-electron chi connectivity index (χ0n) is 19.0. The lowest BCUT2D eigenvalue weighted by molar-refractivity contribution is -0.131. The quantitative estimate of drug-likeness (QED) is 0.451. The average Bonchev–Trinajstić information content (AvgIpc) is 3.36. The van der Waals surface area contributed by atoms with Crippen LogP contribution in [0.15, 0.2) is 30.6 Å². The van der Waals surface area contributed by atoms with E-state index in [0.29, 0.717) is 37.4 Å². The van der Waals surface area contributed by atoms with Gasteiger partial charge in [-0.2, -0.15) is 9.61 Å². The lowest BCUT2D eigenvalue weighted by Crippen LogP contribution is -2.49. The topological polar surface area (TPSA) is 110 Å². The molecule has 4 aromatic rings. The number of nitrogens with zero attached hydrogens (tertiary/aromatic N) is 10. The van der Waals surface area contributed by atoms with Crippen LogP contribution in [0, 0.1) is 20.8 Å². The number of anilines is 1. The molecule has 5 rings (SSSR count). The standard InChI is InChI=1S/C22H26N10O/c1-15-18(16(2)31(27-15)20-7-6-19-26-25-17(3)32(19)28-20)5-8-21(33)29-11-13-30(14-12-29)22-23-9-4-10-24-22/h4,6-7,9-10H,5,8,11-14H2,1-3H3. The van der Waals surface area contributed by atoms with Crippen LogP contribution in [-0.2, 0) is 11.2 Å². The van der Waals surface area contributed by atoms with Crippen LogP contribution in [0.25, 0.3) is 11.5 Å². The molecule has 1 aliphatic heterocycles. The van der Waals surface area contributed by atoms with Gasteiger partial charge in [0.1, 0.15) is 0 Å².